The molecule has 1 aliphatic carbocycles. The van der Waals surface area contributed by atoms with Crippen LogP contribution in [-0.2, 0) is 4.74 Å². The van der Waals surface area contributed by atoms with E-state index >= 15 is 0 Å². The van der Waals surface area contributed by atoms with Crippen LogP contribution in [0.3, 0.4) is 0 Å². The first-order valence-electron chi connectivity index (χ1n) is 6.23. The number of nitro benzene ring substituents is 1. The van der Waals surface area contributed by atoms with Gasteiger partial charge in [-0.25, -0.2) is 4.39 Å². The molecule has 0 unspecified atom stereocenters. The number of hydrogen-bond acceptors (Lipinski definition) is 4. The van der Waals surface area contributed by atoms with Gasteiger partial charge in [0.05, 0.1) is 11.0 Å². The van der Waals surface area contributed by atoms with Gasteiger partial charge in [-0.3, -0.25) is 10.1 Å². The van der Waals surface area contributed by atoms with Crippen LogP contribution in [-0.4, -0.2) is 24.2 Å². The molecule has 104 valence electrons. The van der Waals surface area contributed by atoms with Crippen molar-refractivity contribution in [1.82, 2.24) is 0 Å². The summed E-state index contributed by atoms with van der Waals surface area (Å²) in [5.74, 6) is -0.550. The Balaban J connectivity index is 2.13. The van der Waals surface area contributed by atoms with Crippen molar-refractivity contribution < 1.29 is 18.8 Å². The largest absolute Gasteiger partial charge is 0.483 e. The zero-order chi connectivity index (χ0) is 13.8. The Morgan fingerprint density at radius 2 is 2.11 bits per heavy atom. The summed E-state index contributed by atoms with van der Waals surface area (Å²) in [7, 11) is 1.64. The van der Waals surface area contributed by atoms with E-state index in [1.165, 1.54) is 0 Å². The lowest BCUT2D eigenvalue weighted by Gasteiger charge is -2.28. The molecule has 0 aromatic heterocycles. The molecule has 0 heterocycles. The number of methoxy groups -OCH3 is 1. The number of halogens is 1. The fourth-order valence-electron chi connectivity index (χ4n) is 2.34. The number of rotatable bonds is 4. The van der Waals surface area contributed by atoms with Gasteiger partial charge in [0.1, 0.15) is 11.9 Å². The van der Waals surface area contributed by atoms with Crippen LogP contribution in [0.4, 0.5) is 10.1 Å². The predicted octanol–water partition coefficient (Wildman–Crippen LogP) is 3.07. The van der Waals surface area contributed by atoms with Gasteiger partial charge in [-0.1, -0.05) is 0 Å². The monoisotopic (exact) mass is 269 g/mol. The molecule has 5 nitrogen and oxygen atoms in total. The number of hydrogen-bond donors (Lipinski definition) is 0. The van der Waals surface area contributed by atoms with E-state index in [0.717, 1.165) is 37.5 Å². The normalized spacial score (nSPS) is 23.1. The Bertz CT molecular complexity index is 466. The van der Waals surface area contributed by atoms with Gasteiger partial charge in [0.15, 0.2) is 5.75 Å². The van der Waals surface area contributed by atoms with Crippen LogP contribution in [0.25, 0.3) is 0 Å². The SMILES string of the molecule is CO[C@H]1CCC[C@@H](Oc2cc(F)ccc2[N+](=O)[O-])C1. The van der Waals surface area contributed by atoms with Gasteiger partial charge in [0.2, 0.25) is 0 Å². The fraction of sp³-hybridized carbons (Fsp3) is 0.538. The summed E-state index contributed by atoms with van der Waals surface area (Å²) in [6.07, 6.45) is 3.30. The zero-order valence-corrected chi connectivity index (χ0v) is 10.7. The number of nitrogens with zero attached hydrogens (tertiary/aromatic N) is 1. The third-order valence-electron chi connectivity index (χ3n) is 3.32. The van der Waals surface area contributed by atoms with E-state index in [1.54, 1.807) is 7.11 Å². The number of benzene rings is 1. The molecule has 6 heteroatoms. The molecule has 0 bridgehead atoms. The molecule has 1 fully saturated rings. The van der Waals surface area contributed by atoms with Gasteiger partial charge in [-0.05, 0) is 25.3 Å². The lowest BCUT2D eigenvalue weighted by atomic mass is 9.95. The van der Waals surface area contributed by atoms with E-state index in [2.05, 4.69) is 0 Å². The van der Waals surface area contributed by atoms with Crippen molar-refractivity contribution in [2.75, 3.05) is 7.11 Å². The van der Waals surface area contributed by atoms with Gasteiger partial charge in [0, 0.05) is 25.7 Å². The molecule has 2 atom stereocenters. The highest BCUT2D eigenvalue weighted by Gasteiger charge is 2.26. The summed E-state index contributed by atoms with van der Waals surface area (Å²) in [6, 6.07) is 3.25. The second-order valence-electron chi connectivity index (χ2n) is 4.63. The topological polar surface area (TPSA) is 61.6 Å². The summed E-state index contributed by atoms with van der Waals surface area (Å²) in [6.45, 7) is 0. The molecule has 0 amide bonds. The van der Waals surface area contributed by atoms with E-state index in [1.807, 2.05) is 0 Å². The Morgan fingerprint density at radius 1 is 1.37 bits per heavy atom. The summed E-state index contributed by atoms with van der Waals surface area (Å²) in [4.78, 5) is 10.3. The molecular weight excluding hydrogens is 253 g/mol. The summed E-state index contributed by atoms with van der Waals surface area (Å²) < 4.78 is 24.1. The van der Waals surface area contributed by atoms with E-state index in [-0.39, 0.29) is 23.6 Å². The van der Waals surface area contributed by atoms with Crippen LogP contribution in [0, 0.1) is 15.9 Å². The van der Waals surface area contributed by atoms with Crippen LogP contribution < -0.4 is 4.74 Å². The highest BCUT2D eigenvalue weighted by Crippen LogP contribution is 2.32. The first-order chi connectivity index (χ1) is 9.10. The van der Waals surface area contributed by atoms with Gasteiger partial charge >= 0.3 is 5.69 Å². The average molecular weight is 269 g/mol. The van der Waals surface area contributed by atoms with Gasteiger partial charge < -0.3 is 9.47 Å². The third-order valence-corrected chi connectivity index (χ3v) is 3.32. The van der Waals surface area contributed by atoms with E-state index in [9.17, 15) is 14.5 Å². The smallest absolute Gasteiger partial charge is 0.311 e. The third kappa shape index (κ3) is 3.41. The second-order valence-corrected chi connectivity index (χ2v) is 4.63. The van der Waals surface area contributed by atoms with Crippen LogP contribution in [0.15, 0.2) is 18.2 Å². The minimum Gasteiger partial charge on any atom is -0.483 e. The molecule has 0 spiro atoms. The van der Waals surface area contributed by atoms with Crippen LogP contribution >= 0.6 is 0 Å². The standard InChI is InChI=1S/C13H16FNO4/c1-18-10-3-2-4-11(8-10)19-13-7-9(14)5-6-12(13)15(16)17/h5-7,10-11H,2-4,8H2,1H3/t10-,11+/m0/s1. The van der Waals surface area contributed by atoms with Gasteiger partial charge in [0.25, 0.3) is 0 Å². The maximum absolute atomic E-state index is 13.2. The zero-order valence-electron chi connectivity index (χ0n) is 10.7. The lowest BCUT2D eigenvalue weighted by molar-refractivity contribution is -0.386. The number of ether oxygens (including phenoxy) is 2. The van der Waals surface area contributed by atoms with Crippen molar-refractivity contribution in [3.05, 3.63) is 34.1 Å². The summed E-state index contributed by atoms with van der Waals surface area (Å²) >= 11 is 0. The average Bonchev–Trinajstić information content (AvgIpc) is 2.38. The molecular formula is C13H16FNO4. The number of nitro groups is 1. The Labute approximate surface area is 110 Å². The van der Waals surface area contributed by atoms with Crippen LogP contribution in [0.5, 0.6) is 5.75 Å². The summed E-state index contributed by atoms with van der Waals surface area (Å²) in [5, 5.41) is 10.9. The van der Waals surface area contributed by atoms with Crippen molar-refractivity contribution in [2.24, 2.45) is 0 Å². The second kappa shape index (κ2) is 5.97. The minimum absolute atomic E-state index is 0.00764. The molecule has 1 aromatic rings. The quantitative estimate of drug-likeness (QED) is 0.622. The lowest BCUT2D eigenvalue weighted by Crippen LogP contribution is -2.29. The molecule has 19 heavy (non-hydrogen) atoms. The first kappa shape index (κ1) is 13.7. The maximum atomic E-state index is 13.2. The molecule has 0 aliphatic heterocycles. The van der Waals surface area contributed by atoms with Crippen LogP contribution in [0.2, 0.25) is 0 Å². The van der Waals surface area contributed by atoms with Crippen LogP contribution in [0.1, 0.15) is 25.7 Å². The van der Waals surface area contributed by atoms with E-state index in [4.69, 9.17) is 9.47 Å². The molecule has 1 saturated carbocycles. The first-order valence-corrected chi connectivity index (χ1v) is 6.23. The van der Waals surface area contributed by atoms with Crippen molar-refractivity contribution in [1.29, 1.82) is 0 Å². The molecule has 0 saturated heterocycles. The van der Waals surface area contributed by atoms with E-state index in [0.29, 0.717) is 6.42 Å². The predicted molar refractivity (Wildman–Crippen MR) is 66.7 cm³/mol. The molecule has 2 rings (SSSR count). The van der Waals surface area contributed by atoms with Crippen molar-refractivity contribution in [2.45, 2.75) is 37.9 Å². The van der Waals surface area contributed by atoms with Gasteiger partial charge in [-0.15, -0.1) is 0 Å². The summed E-state index contributed by atoms with van der Waals surface area (Å²) in [5.41, 5.74) is -0.207. The highest BCUT2D eigenvalue weighted by molar-refractivity contribution is 5.46. The van der Waals surface area contributed by atoms with E-state index < -0.39 is 10.7 Å². The molecule has 0 radical (unpaired) electrons. The van der Waals surface area contributed by atoms with Crippen molar-refractivity contribution in [3.8, 4) is 5.75 Å². The Morgan fingerprint density at radius 3 is 2.79 bits per heavy atom. The minimum atomic E-state index is -0.564. The van der Waals surface area contributed by atoms with Gasteiger partial charge in [-0.2, -0.15) is 0 Å². The fourth-order valence-corrected chi connectivity index (χ4v) is 2.34. The highest BCUT2D eigenvalue weighted by atomic mass is 19.1. The van der Waals surface area contributed by atoms with Crippen molar-refractivity contribution >= 4 is 5.69 Å². The Hall–Kier alpha value is -1.69. The molecule has 0 N–H and O–H groups in total. The van der Waals surface area contributed by atoms with Crippen molar-refractivity contribution in [3.63, 3.8) is 0 Å². The molecule has 1 aliphatic rings. The Kier molecular flexibility index (Phi) is 4.31. The maximum Gasteiger partial charge on any atom is 0.311 e. The molecule has 1 aromatic carbocycles.